The average Bonchev–Trinajstić information content (AvgIpc) is 2.46. The zero-order valence-electron chi connectivity index (χ0n) is 10.3. The molecule has 0 fully saturated rings. The Kier molecular flexibility index (Phi) is 4.15. The first-order chi connectivity index (χ1) is 8.81. The van der Waals surface area contributed by atoms with E-state index in [2.05, 4.69) is 0 Å². The molecular weight excluding hydrogens is 224 g/mol. The van der Waals surface area contributed by atoms with Gasteiger partial charge in [-0.1, -0.05) is 48.6 Å². The molecule has 0 amide bonds. The van der Waals surface area contributed by atoms with Crippen LogP contribution in [0.1, 0.15) is 16.7 Å². The molecule has 0 bridgehead atoms. The fraction of sp³-hybridized carbons (Fsp3) is 0.125. The Balaban J connectivity index is 2.13. The van der Waals surface area contributed by atoms with Crippen molar-refractivity contribution in [1.82, 2.24) is 0 Å². The standard InChI is InChI=1S/C16H16O2/c1-18-16-4-2-3-14(11-16)8-5-13-6-9-15(12-17)10-7-13/h2-11,17H,12H2,1H3/b8-5+. The first kappa shape index (κ1) is 12.4. The molecule has 0 radical (unpaired) electrons. The Labute approximate surface area is 107 Å². The summed E-state index contributed by atoms with van der Waals surface area (Å²) in [7, 11) is 1.66. The summed E-state index contributed by atoms with van der Waals surface area (Å²) >= 11 is 0. The predicted molar refractivity (Wildman–Crippen MR) is 74.3 cm³/mol. The number of ether oxygens (including phenoxy) is 1. The molecular formula is C16H16O2. The Bertz CT molecular complexity index is 527. The third-order valence-electron chi connectivity index (χ3n) is 2.72. The van der Waals surface area contributed by atoms with Gasteiger partial charge >= 0.3 is 0 Å². The van der Waals surface area contributed by atoms with Crippen LogP contribution in [0.25, 0.3) is 12.2 Å². The molecule has 1 N–H and O–H groups in total. The zero-order chi connectivity index (χ0) is 12.8. The first-order valence-corrected chi connectivity index (χ1v) is 5.84. The monoisotopic (exact) mass is 240 g/mol. The summed E-state index contributed by atoms with van der Waals surface area (Å²) in [6.45, 7) is 0.0832. The first-order valence-electron chi connectivity index (χ1n) is 5.84. The van der Waals surface area contributed by atoms with Gasteiger partial charge in [-0.05, 0) is 28.8 Å². The second-order valence-corrected chi connectivity index (χ2v) is 4.01. The molecule has 2 aromatic carbocycles. The third-order valence-corrected chi connectivity index (χ3v) is 2.72. The number of rotatable bonds is 4. The van der Waals surface area contributed by atoms with Gasteiger partial charge in [-0.15, -0.1) is 0 Å². The summed E-state index contributed by atoms with van der Waals surface area (Å²) < 4.78 is 5.18. The number of hydrogen-bond acceptors (Lipinski definition) is 2. The molecule has 2 nitrogen and oxygen atoms in total. The van der Waals surface area contributed by atoms with Crippen molar-refractivity contribution < 1.29 is 9.84 Å². The van der Waals surface area contributed by atoms with Crippen molar-refractivity contribution >= 4 is 12.2 Å². The fourth-order valence-corrected chi connectivity index (χ4v) is 1.67. The van der Waals surface area contributed by atoms with E-state index in [0.29, 0.717) is 0 Å². The minimum atomic E-state index is 0.0832. The summed E-state index contributed by atoms with van der Waals surface area (Å²) in [6.07, 6.45) is 4.08. The lowest BCUT2D eigenvalue weighted by atomic mass is 10.1. The van der Waals surface area contributed by atoms with Gasteiger partial charge in [0, 0.05) is 0 Å². The van der Waals surface area contributed by atoms with Gasteiger partial charge in [0.2, 0.25) is 0 Å². The van der Waals surface area contributed by atoms with E-state index in [4.69, 9.17) is 9.84 Å². The molecule has 18 heavy (non-hydrogen) atoms. The highest BCUT2D eigenvalue weighted by Crippen LogP contribution is 2.15. The second-order valence-electron chi connectivity index (χ2n) is 4.01. The molecule has 0 unspecified atom stereocenters. The Morgan fingerprint density at radius 2 is 1.72 bits per heavy atom. The van der Waals surface area contributed by atoms with E-state index < -0.39 is 0 Å². The van der Waals surface area contributed by atoms with Crippen molar-refractivity contribution in [3.05, 3.63) is 65.2 Å². The quantitative estimate of drug-likeness (QED) is 0.830. The van der Waals surface area contributed by atoms with Crippen molar-refractivity contribution in [3.8, 4) is 5.75 Å². The molecule has 0 spiro atoms. The highest BCUT2D eigenvalue weighted by Gasteiger charge is 1.93. The maximum atomic E-state index is 8.96. The summed E-state index contributed by atoms with van der Waals surface area (Å²) in [5, 5.41) is 8.96. The SMILES string of the molecule is COc1cccc(/C=C/c2ccc(CO)cc2)c1. The van der Waals surface area contributed by atoms with E-state index in [-0.39, 0.29) is 6.61 Å². The maximum Gasteiger partial charge on any atom is 0.119 e. The second kappa shape index (κ2) is 6.03. The van der Waals surface area contributed by atoms with Crippen LogP contribution in [0, 0.1) is 0 Å². The molecule has 0 heterocycles. The number of aliphatic hydroxyl groups is 1. The number of aliphatic hydroxyl groups excluding tert-OH is 1. The van der Waals surface area contributed by atoms with Crippen molar-refractivity contribution in [2.75, 3.05) is 7.11 Å². The van der Waals surface area contributed by atoms with E-state index in [1.807, 2.05) is 60.7 Å². The summed E-state index contributed by atoms with van der Waals surface area (Å²) in [6, 6.07) is 15.7. The van der Waals surface area contributed by atoms with Crippen LogP contribution in [0.3, 0.4) is 0 Å². The van der Waals surface area contributed by atoms with E-state index in [1.165, 1.54) is 0 Å². The van der Waals surface area contributed by atoms with Crippen LogP contribution < -0.4 is 4.74 Å². The van der Waals surface area contributed by atoms with E-state index in [9.17, 15) is 0 Å². The van der Waals surface area contributed by atoms with Gasteiger partial charge < -0.3 is 9.84 Å². The molecule has 0 aliphatic heterocycles. The molecule has 2 heteroatoms. The lowest BCUT2D eigenvalue weighted by Gasteiger charge is -2.00. The van der Waals surface area contributed by atoms with Gasteiger partial charge in [0.25, 0.3) is 0 Å². The van der Waals surface area contributed by atoms with Gasteiger partial charge in [-0.2, -0.15) is 0 Å². The molecule has 0 aliphatic carbocycles. The average molecular weight is 240 g/mol. The summed E-state index contributed by atoms with van der Waals surface area (Å²) in [5.74, 6) is 0.854. The van der Waals surface area contributed by atoms with E-state index >= 15 is 0 Å². The molecule has 2 aromatic rings. The molecule has 0 aliphatic rings. The summed E-state index contributed by atoms with van der Waals surface area (Å²) in [5.41, 5.74) is 3.13. The minimum Gasteiger partial charge on any atom is -0.497 e. The highest BCUT2D eigenvalue weighted by atomic mass is 16.5. The molecule has 0 saturated carbocycles. The van der Waals surface area contributed by atoms with Gasteiger partial charge in [0.1, 0.15) is 5.75 Å². The number of hydrogen-bond donors (Lipinski definition) is 1. The molecule has 0 aromatic heterocycles. The van der Waals surface area contributed by atoms with Crippen LogP contribution in [0.5, 0.6) is 5.75 Å². The van der Waals surface area contributed by atoms with Crippen molar-refractivity contribution in [2.24, 2.45) is 0 Å². The van der Waals surface area contributed by atoms with Gasteiger partial charge in [0.05, 0.1) is 13.7 Å². The highest BCUT2D eigenvalue weighted by molar-refractivity contribution is 5.70. The van der Waals surface area contributed by atoms with E-state index in [0.717, 1.165) is 22.4 Å². The van der Waals surface area contributed by atoms with Crippen LogP contribution in [0.15, 0.2) is 48.5 Å². The third kappa shape index (κ3) is 3.22. The van der Waals surface area contributed by atoms with Crippen LogP contribution in [0.4, 0.5) is 0 Å². The normalized spacial score (nSPS) is 10.8. The molecule has 2 rings (SSSR count). The molecule has 0 saturated heterocycles. The van der Waals surface area contributed by atoms with Gasteiger partial charge in [-0.3, -0.25) is 0 Å². The zero-order valence-corrected chi connectivity index (χ0v) is 10.3. The van der Waals surface area contributed by atoms with Crippen LogP contribution in [-0.2, 0) is 6.61 Å². The molecule has 92 valence electrons. The lowest BCUT2D eigenvalue weighted by molar-refractivity contribution is 0.282. The van der Waals surface area contributed by atoms with Crippen LogP contribution in [0.2, 0.25) is 0 Å². The predicted octanol–water partition coefficient (Wildman–Crippen LogP) is 3.36. The lowest BCUT2D eigenvalue weighted by Crippen LogP contribution is -1.83. The Morgan fingerprint density at radius 1 is 1.00 bits per heavy atom. The Morgan fingerprint density at radius 3 is 2.39 bits per heavy atom. The smallest absolute Gasteiger partial charge is 0.119 e. The van der Waals surface area contributed by atoms with Crippen molar-refractivity contribution in [1.29, 1.82) is 0 Å². The minimum absolute atomic E-state index is 0.0832. The van der Waals surface area contributed by atoms with Gasteiger partial charge in [-0.25, -0.2) is 0 Å². The van der Waals surface area contributed by atoms with Gasteiger partial charge in [0.15, 0.2) is 0 Å². The van der Waals surface area contributed by atoms with Crippen molar-refractivity contribution in [2.45, 2.75) is 6.61 Å². The number of benzene rings is 2. The van der Waals surface area contributed by atoms with Crippen LogP contribution >= 0.6 is 0 Å². The maximum absolute atomic E-state index is 8.96. The van der Waals surface area contributed by atoms with Crippen molar-refractivity contribution in [3.63, 3.8) is 0 Å². The molecule has 0 atom stereocenters. The number of methoxy groups -OCH3 is 1. The largest absolute Gasteiger partial charge is 0.497 e. The van der Waals surface area contributed by atoms with E-state index in [1.54, 1.807) is 7.11 Å². The fourth-order valence-electron chi connectivity index (χ4n) is 1.67. The summed E-state index contributed by atoms with van der Waals surface area (Å²) in [4.78, 5) is 0. The topological polar surface area (TPSA) is 29.5 Å². The van der Waals surface area contributed by atoms with Crippen LogP contribution in [-0.4, -0.2) is 12.2 Å². The Hall–Kier alpha value is -2.06.